The third-order valence-corrected chi connectivity index (χ3v) is 7.73. The third kappa shape index (κ3) is 8.24. The summed E-state index contributed by atoms with van der Waals surface area (Å²) >= 11 is 0. The van der Waals surface area contributed by atoms with Gasteiger partial charge in [-0.15, -0.1) is 0 Å². The van der Waals surface area contributed by atoms with Crippen molar-refractivity contribution in [2.24, 2.45) is 11.8 Å². The smallest absolute Gasteiger partial charge is 0.337 e. The molecule has 6 nitrogen and oxygen atoms in total. The highest BCUT2D eigenvalue weighted by atomic mass is 16.6. The molecule has 0 heterocycles. The number of carbonyl (C=O) groups is 1. The zero-order valence-corrected chi connectivity index (χ0v) is 22.9. The molecule has 1 saturated carbocycles. The Hall–Kier alpha value is -2.51. The summed E-state index contributed by atoms with van der Waals surface area (Å²) in [5.41, 5.74) is 2.02. The van der Waals surface area contributed by atoms with Crippen LogP contribution < -0.4 is 5.32 Å². The van der Waals surface area contributed by atoms with E-state index in [1.165, 1.54) is 42.0 Å². The standard InChI is InChI=1S/C32H43NO5/c1-24(30-12-6-8-26-7-3-4-11-31(26)30)33-29-10-5-9-28(23-29)25-13-15-27(16-14-25)32(34)38-22-21-37-20-19-36-18-17-35-2/h3-4,6-8,11-13,15-16,24-25,28-29,33H,5,9-10,14,17-23H2,1-2H3/t24-,25?,28+,29?/m1/s1. The van der Waals surface area contributed by atoms with E-state index in [1.54, 1.807) is 7.11 Å². The minimum Gasteiger partial charge on any atom is -0.460 e. The van der Waals surface area contributed by atoms with Gasteiger partial charge in [0, 0.05) is 19.2 Å². The molecule has 2 aromatic carbocycles. The van der Waals surface area contributed by atoms with Crippen LogP contribution in [0.25, 0.3) is 10.8 Å². The van der Waals surface area contributed by atoms with E-state index in [-0.39, 0.29) is 12.6 Å². The van der Waals surface area contributed by atoms with Gasteiger partial charge in [-0.25, -0.2) is 4.79 Å². The molecule has 206 valence electrons. The first-order valence-corrected chi connectivity index (χ1v) is 14.1. The van der Waals surface area contributed by atoms with Crippen LogP contribution in [-0.4, -0.2) is 58.8 Å². The Labute approximate surface area is 227 Å². The second-order valence-corrected chi connectivity index (χ2v) is 10.4. The maximum atomic E-state index is 12.4. The molecular formula is C32H43NO5. The van der Waals surface area contributed by atoms with Crippen LogP contribution in [-0.2, 0) is 23.7 Å². The molecule has 0 amide bonds. The van der Waals surface area contributed by atoms with Gasteiger partial charge >= 0.3 is 5.97 Å². The van der Waals surface area contributed by atoms with Crippen LogP contribution in [0.1, 0.15) is 50.6 Å². The van der Waals surface area contributed by atoms with Crippen LogP contribution in [0, 0.1) is 11.8 Å². The Kier molecular flexibility index (Phi) is 11.4. The van der Waals surface area contributed by atoms with Crippen LogP contribution in [0.2, 0.25) is 0 Å². The van der Waals surface area contributed by atoms with Crippen LogP contribution in [0.15, 0.2) is 66.3 Å². The van der Waals surface area contributed by atoms with Crippen molar-refractivity contribution in [1.82, 2.24) is 5.32 Å². The number of carbonyl (C=O) groups excluding carboxylic acids is 1. The van der Waals surface area contributed by atoms with E-state index >= 15 is 0 Å². The number of allylic oxidation sites excluding steroid dienone is 2. The highest BCUT2D eigenvalue weighted by Gasteiger charge is 2.29. The van der Waals surface area contributed by atoms with E-state index in [0.717, 1.165) is 6.42 Å². The first-order valence-electron chi connectivity index (χ1n) is 14.1. The maximum Gasteiger partial charge on any atom is 0.337 e. The summed E-state index contributed by atoms with van der Waals surface area (Å²) in [5.74, 6) is 0.836. The van der Waals surface area contributed by atoms with E-state index < -0.39 is 0 Å². The molecule has 0 bridgehead atoms. The number of esters is 1. The number of methoxy groups -OCH3 is 1. The van der Waals surface area contributed by atoms with E-state index in [2.05, 4.69) is 60.8 Å². The quantitative estimate of drug-likeness (QED) is 0.251. The van der Waals surface area contributed by atoms with Gasteiger partial charge in [0.25, 0.3) is 0 Å². The van der Waals surface area contributed by atoms with Gasteiger partial charge in [0.15, 0.2) is 0 Å². The fraction of sp³-hybridized carbons (Fsp3) is 0.531. The van der Waals surface area contributed by atoms with Gasteiger partial charge in [-0.1, -0.05) is 67.1 Å². The normalized spacial score (nSPS) is 22.3. The SMILES string of the molecule is COCCOCCOCCOC(=O)C1=CCC([C@H]2CCCC(N[C@H](C)c3cccc4ccccc34)C2)C=C1. The first kappa shape index (κ1) is 28.5. The molecule has 2 unspecified atom stereocenters. The average Bonchev–Trinajstić information content (AvgIpc) is 2.96. The average molecular weight is 522 g/mol. The second kappa shape index (κ2) is 15.2. The summed E-state index contributed by atoms with van der Waals surface area (Å²) in [6.07, 6.45) is 12.0. The number of fused-ring (bicyclic) bond motifs is 1. The molecule has 38 heavy (non-hydrogen) atoms. The van der Waals surface area contributed by atoms with Crippen molar-refractivity contribution in [2.75, 3.05) is 46.8 Å². The second-order valence-electron chi connectivity index (χ2n) is 10.4. The van der Waals surface area contributed by atoms with Crippen LogP contribution >= 0.6 is 0 Å². The topological polar surface area (TPSA) is 66.0 Å². The predicted molar refractivity (Wildman–Crippen MR) is 151 cm³/mol. The first-order chi connectivity index (χ1) is 18.7. The number of nitrogens with one attached hydrogen (secondary N) is 1. The van der Waals surface area contributed by atoms with Gasteiger partial charge < -0.3 is 24.3 Å². The summed E-state index contributed by atoms with van der Waals surface area (Å²) in [5, 5.41) is 6.56. The molecule has 0 radical (unpaired) electrons. The van der Waals surface area contributed by atoms with E-state index in [0.29, 0.717) is 62.5 Å². The number of hydrogen-bond donors (Lipinski definition) is 1. The fourth-order valence-electron chi connectivity index (χ4n) is 5.72. The Bertz CT molecular complexity index is 1080. The summed E-state index contributed by atoms with van der Waals surface area (Å²) < 4.78 is 21.1. The Balaban J connectivity index is 1.18. The third-order valence-electron chi connectivity index (χ3n) is 7.73. The van der Waals surface area contributed by atoms with Gasteiger partial charge in [-0.05, 0) is 60.8 Å². The molecule has 1 N–H and O–H groups in total. The lowest BCUT2D eigenvalue weighted by Crippen LogP contribution is -2.37. The van der Waals surface area contributed by atoms with Crippen molar-refractivity contribution >= 4 is 16.7 Å². The Morgan fingerprint density at radius 1 is 0.974 bits per heavy atom. The molecule has 2 aliphatic carbocycles. The van der Waals surface area contributed by atoms with Crippen molar-refractivity contribution in [2.45, 2.75) is 51.1 Å². The van der Waals surface area contributed by atoms with Gasteiger partial charge in [0.1, 0.15) is 6.61 Å². The Morgan fingerprint density at radius 3 is 2.53 bits per heavy atom. The zero-order chi connectivity index (χ0) is 26.6. The number of ether oxygens (including phenoxy) is 4. The molecule has 6 heteroatoms. The van der Waals surface area contributed by atoms with Crippen molar-refractivity contribution in [3.05, 3.63) is 71.8 Å². The summed E-state index contributed by atoms with van der Waals surface area (Å²) in [7, 11) is 1.64. The number of rotatable bonds is 14. The fourth-order valence-corrected chi connectivity index (χ4v) is 5.72. The molecule has 1 fully saturated rings. The Morgan fingerprint density at radius 2 is 1.74 bits per heavy atom. The van der Waals surface area contributed by atoms with Crippen molar-refractivity contribution < 1.29 is 23.7 Å². The lowest BCUT2D eigenvalue weighted by molar-refractivity contribution is -0.140. The van der Waals surface area contributed by atoms with Crippen LogP contribution in [0.3, 0.4) is 0 Å². The lowest BCUT2D eigenvalue weighted by Gasteiger charge is -2.36. The van der Waals surface area contributed by atoms with E-state index in [1.807, 2.05) is 12.2 Å². The molecule has 0 saturated heterocycles. The summed E-state index contributed by atoms with van der Waals surface area (Å²) in [6, 6.07) is 16.1. The highest BCUT2D eigenvalue weighted by molar-refractivity contribution is 5.91. The van der Waals surface area contributed by atoms with Crippen molar-refractivity contribution in [1.29, 1.82) is 0 Å². The lowest BCUT2D eigenvalue weighted by atomic mass is 9.75. The molecular weight excluding hydrogens is 478 g/mol. The molecule has 0 spiro atoms. The van der Waals surface area contributed by atoms with Gasteiger partial charge in [-0.3, -0.25) is 0 Å². The van der Waals surface area contributed by atoms with E-state index in [9.17, 15) is 4.79 Å². The van der Waals surface area contributed by atoms with Gasteiger partial charge in [-0.2, -0.15) is 0 Å². The van der Waals surface area contributed by atoms with Gasteiger partial charge in [0.2, 0.25) is 0 Å². The summed E-state index contributed by atoms with van der Waals surface area (Å²) in [6.45, 7) is 5.01. The minimum atomic E-state index is -0.272. The molecule has 4 rings (SSSR count). The molecule has 4 atom stereocenters. The number of hydrogen-bond acceptors (Lipinski definition) is 6. The van der Waals surface area contributed by atoms with Crippen LogP contribution in [0.4, 0.5) is 0 Å². The van der Waals surface area contributed by atoms with E-state index in [4.69, 9.17) is 18.9 Å². The predicted octanol–water partition coefficient (Wildman–Crippen LogP) is 5.77. The van der Waals surface area contributed by atoms with Crippen molar-refractivity contribution in [3.8, 4) is 0 Å². The monoisotopic (exact) mass is 521 g/mol. The summed E-state index contributed by atoms with van der Waals surface area (Å²) in [4.78, 5) is 12.4. The number of benzene rings is 2. The zero-order valence-electron chi connectivity index (χ0n) is 22.9. The molecule has 0 aromatic heterocycles. The highest BCUT2D eigenvalue weighted by Crippen LogP contribution is 2.36. The molecule has 2 aliphatic rings. The van der Waals surface area contributed by atoms with Gasteiger partial charge in [0.05, 0.1) is 38.6 Å². The van der Waals surface area contributed by atoms with Crippen molar-refractivity contribution in [3.63, 3.8) is 0 Å². The van der Waals surface area contributed by atoms with Crippen LogP contribution in [0.5, 0.6) is 0 Å². The molecule has 2 aromatic rings. The minimum absolute atomic E-state index is 0.246. The maximum absolute atomic E-state index is 12.4. The largest absolute Gasteiger partial charge is 0.460 e. The molecule has 0 aliphatic heterocycles.